The fourth-order valence-electron chi connectivity index (χ4n) is 1.29. The van der Waals surface area contributed by atoms with Crippen LogP contribution < -0.4 is 0 Å². The van der Waals surface area contributed by atoms with Crippen molar-refractivity contribution in [1.82, 2.24) is 0 Å². The van der Waals surface area contributed by atoms with E-state index in [1.165, 1.54) is 0 Å². The van der Waals surface area contributed by atoms with Gasteiger partial charge in [-0.25, -0.2) is 8.78 Å². The first-order valence-electron chi connectivity index (χ1n) is 5.09. The number of Topliss-reactive ketones (excluding diaryl/α,β-unsaturated/α-hetero) is 1. The number of benzene rings is 1. The predicted octanol–water partition coefficient (Wildman–Crippen LogP) is 4.35. The molecule has 0 spiro atoms. The van der Waals surface area contributed by atoms with Gasteiger partial charge in [-0.2, -0.15) is 0 Å². The summed E-state index contributed by atoms with van der Waals surface area (Å²) in [7, 11) is 0. The number of hydrogen-bond acceptors (Lipinski definition) is 1. The minimum absolute atomic E-state index is 0.0328. The molecule has 0 fully saturated rings. The van der Waals surface area contributed by atoms with E-state index >= 15 is 0 Å². The number of carbonyl (C=O) groups is 1. The van der Waals surface area contributed by atoms with Gasteiger partial charge in [-0.15, -0.1) is 0 Å². The normalized spacial score (nSPS) is 10.9. The van der Waals surface area contributed by atoms with Crippen molar-refractivity contribution in [3.05, 3.63) is 33.8 Å². The Morgan fingerprint density at radius 1 is 1.31 bits per heavy atom. The molecule has 0 saturated heterocycles. The minimum atomic E-state index is -0.679. The lowest BCUT2D eigenvalue weighted by atomic mass is 10.0. The number of carbonyl (C=O) groups excluding carboxylic acids is 1. The van der Waals surface area contributed by atoms with Crippen LogP contribution >= 0.6 is 15.9 Å². The maximum absolute atomic E-state index is 13.4. The van der Waals surface area contributed by atoms with Crippen LogP contribution in [0.15, 0.2) is 16.6 Å². The summed E-state index contributed by atoms with van der Waals surface area (Å²) in [5.41, 5.74) is -0.165. The summed E-state index contributed by atoms with van der Waals surface area (Å²) in [5, 5.41) is 0. The molecule has 0 aliphatic heterocycles. The van der Waals surface area contributed by atoms with Crippen LogP contribution in [0.1, 0.15) is 37.0 Å². The van der Waals surface area contributed by atoms with Gasteiger partial charge in [-0.1, -0.05) is 13.8 Å². The molecule has 0 heterocycles. The molecule has 0 aliphatic rings. The van der Waals surface area contributed by atoms with Crippen molar-refractivity contribution in [3.8, 4) is 0 Å². The molecule has 0 unspecified atom stereocenters. The molecule has 1 nitrogen and oxygen atoms in total. The second-order valence-electron chi connectivity index (χ2n) is 4.10. The average Bonchev–Trinajstić information content (AvgIpc) is 2.20. The maximum Gasteiger partial charge on any atom is 0.165 e. The molecule has 0 bridgehead atoms. The number of hydrogen-bond donors (Lipinski definition) is 0. The fraction of sp³-hybridized carbons (Fsp3) is 0.417. The zero-order chi connectivity index (χ0) is 12.3. The van der Waals surface area contributed by atoms with E-state index in [1.807, 2.05) is 13.8 Å². The van der Waals surface area contributed by atoms with Crippen molar-refractivity contribution in [1.29, 1.82) is 0 Å². The molecule has 1 rings (SSSR count). The van der Waals surface area contributed by atoms with E-state index < -0.39 is 11.6 Å². The lowest BCUT2D eigenvalue weighted by Crippen LogP contribution is -2.05. The fourth-order valence-corrected chi connectivity index (χ4v) is 1.61. The summed E-state index contributed by atoms with van der Waals surface area (Å²) in [6.07, 6.45) is 0.922. The zero-order valence-electron chi connectivity index (χ0n) is 9.19. The highest BCUT2D eigenvalue weighted by Gasteiger charge is 2.15. The molecule has 16 heavy (non-hydrogen) atoms. The third-order valence-electron chi connectivity index (χ3n) is 2.26. The van der Waals surface area contributed by atoms with Gasteiger partial charge >= 0.3 is 0 Å². The monoisotopic (exact) mass is 290 g/mol. The largest absolute Gasteiger partial charge is 0.294 e. The Labute approximate surface area is 102 Å². The van der Waals surface area contributed by atoms with Gasteiger partial charge in [0, 0.05) is 6.42 Å². The first kappa shape index (κ1) is 13.3. The summed E-state index contributed by atoms with van der Waals surface area (Å²) in [6.45, 7) is 3.96. The van der Waals surface area contributed by atoms with E-state index in [0.29, 0.717) is 12.3 Å². The zero-order valence-corrected chi connectivity index (χ0v) is 10.8. The summed E-state index contributed by atoms with van der Waals surface area (Å²) in [4.78, 5) is 11.6. The minimum Gasteiger partial charge on any atom is -0.294 e. The highest BCUT2D eigenvalue weighted by Crippen LogP contribution is 2.21. The Morgan fingerprint density at radius 2 is 1.94 bits per heavy atom. The van der Waals surface area contributed by atoms with Crippen LogP contribution in [0.4, 0.5) is 8.78 Å². The molecule has 0 amide bonds. The van der Waals surface area contributed by atoms with Gasteiger partial charge in [0.25, 0.3) is 0 Å². The summed E-state index contributed by atoms with van der Waals surface area (Å²) < 4.78 is 26.6. The van der Waals surface area contributed by atoms with Crippen LogP contribution in [-0.4, -0.2) is 5.78 Å². The van der Waals surface area contributed by atoms with Crippen LogP contribution in [0.3, 0.4) is 0 Å². The van der Waals surface area contributed by atoms with Gasteiger partial charge in [0.05, 0.1) is 10.0 Å². The quantitative estimate of drug-likeness (QED) is 0.595. The van der Waals surface area contributed by atoms with Crippen molar-refractivity contribution < 1.29 is 13.6 Å². The Kier molecular flexibility index (Phi) is 4.59. The molecular formula is C12H13BrF2O. The topological polar surface area (TPSA) is 17.1 Å². The molecular weight excluding hydrogens is 278 g/mol. The van der Waals surface area contributed by atoms with Crippen molar-refractivity contribution in [2.45, 2.75) is 26.7 Å². The van der Waals surface area contributed by atoms with Crippen LogP contribution in [0.5, 0.6) is 0 Å². The summed E-state index contributed by atoms with van der Waals surface area (Å²) >= 11 is 2.87. The molecule has 0 N–H and O–H groups in total. The summed E-state index contributed by atoms with van der Waals surface area (Å²) in [6, 6.07) is 1.93. The van der Waals surface area contributed by atoms with Gasteiger partial charge in [0.1, 0.15) is 11.6 Å². The predicted molar refractivity (Wildman–Crippen MR) is 62.5 cm³/mol. The van der Waals surface area contributed by atoms with Crippen molar-refractivity contribution >= 4 is 21.7 Å². The van der Waals surface area contributed by atoms with E-state index in [2.05, 4.69) is 15.9 Å². The van der Waals surface area contributed by atoms with Crippen molar-refractivity contribution in [2.24, 2.45) is 5.92 Å². The summed E-state index contributed by atoms with van der Waals surface area (Å²) in [5.74, 6) is -1.28. The molecule has 0 radical (unpaired) electrons. The second-order valence-corrected chi connectivity index (χ2v) is 4.96. The Morgan fingerprint density at radius 3 is 2.50 bits per heavy atom. The van der Waals surface area contributed by atoms with Gasteiger partial charge in [-0.3, -0.25) is 4.79 Å². The van der Waals surface area contributed by atoms with E-state index in [1.54, 1.807) is 0 Å². The van der Waals surface area contributed by atoms with Crippen molar-refractivity contribution in [2.75, 3.05) is 0 Å². The molecule has 88 valence electrons. The molecule has 0 atom stereocenters. The second kappa shape index (κ2) is 5.53. The third-order valence-corrected chi connectivity index (χ3v) is 2.87. The van der Waals surface area contributed by atoms with Gasteiger partial charge in [0.15, 0.2) is 5.78 Å². The van der Waals surface area contributed by atoms with Gasteiger partial charge in [-0.05, 0) is 40.4 Å². The molecule has 1 aromatic carbocycles. The lowest BCUT2D eigenvalue weighted by Gasteiger charge is -2.06. The van der Waals surface area contributed by atoms with Crippen LogP contribution in [0.2, 0.25) is 0 Å². The Balaban J connectivity index is 2.87. The highest BCUT2D eigenvalue weighted by molar-refractivity contribution is 9.10. The first-order valence-corrected chi connectivity index (χ1v) is 5.89. The van der Waals surface area contributed by atoms with Gasteiger partial charge in [0.2, 0.25) is 0 Å². The maximum atomic E-state index is 13.4. The van der Waals surface area contributed by atoms with Crippen molar-refractivity contribution in [3.63, 3.8) is 0 Å². The standard InChI is InChI=1S/C12H13BrF2O/c1-7(2)3-4-12(16)8-5-11(15)9(13)6-10(8)14/h5-7H,3-4H2,1-2H3. The Bertz CT molecular complexity index is 402. The van der Waals surface area contributed by atoms with E-state index in [9.17, 15) is 13.6 Å². The van der Waals surface area contributed by atoms with Crippen LogP contribution in [-0.2, 0) is 0 Å². The smallest absolute Gasteiger partial charge is 0.165 e. The molecule has 1 aromatic rings. The van der Waals surface area contributed by atoms with E-state index in [4.69, 9.17) is 0 Å². The van der Waals surface area contributed by atoms with Crippen LogP contribution in [0, 0.1) is 17.6 Å². The molecule has 4 heteroatoms. The number of ketones is 1. The van der Waals surface area contributed by atoms with E-state index in [0.717, 1.165) is 12.1 Å². The number of rotatable bonds is 4. The first-order chi connectivity index (χ1) is 7.41. The average molecular weight is 291 g/mol. The molecule has 0 aromatic heterocycles. The lowest BCUT2D eigenvalue weighted by molar-refractivity contribution is 0.0971. The Hall–Kier alpha value is -0.770. The molecule has 0 saturated carbocycles. The van der Waals surface area contributed by atoms with Gasteiger partial charge < -0.3 is 0 Å². The highest BCUT2D eigenvalue weighted by atomic mass is 79.9. The third kappa shape index (κ3) is 3.37. The molecule has 0 aliphatic carbocycles. The van der Waals surface area contributed by atoms with Crippen LogP contribution in [0.25, 0.3) is 0 Å². The van der Waals surface area contributed by atoms with E-state index in [-0.39, 0.29) is 22.2 Å². The SMILES string of the molecule is CC(C)CCC(=O)c1cc(F)c(Br)cc1F. The number of halogens is 3.